The standard InChI is InChI=1S/C12H13N3O2/c1-7-4-8(2)10(9(5-7)17-3)11(16)12-13-6-14-15-12/h4-6H,1-3H3,(H,13,14,15). The molecule has 2 aromatic rings. The van der Waals surface area contributed by atoms with Gasteiger partial charge in [-0.05, 0) is 31.0 Å². The molecule has 1 N–H and O–H groups in total. The zero-order valence-corrected chi connectivity index (χ0v) is 9.94. The Kier molecular flexibility index (Phi) is 2.91. The number of hydrogen-bond acceptors (Lipinski definition) is 4. The van der Waals surface area contributed by atoms with Gasteiger partial charge in [-0.3, -0.25) is 9.89 Å². The molecule has 1 aromatic heterocycles. The molecule has 0 fully saturated rings. The first-order chi connectivity index (χ1) is 8.13. The summed E-state index contributed by atoms with van der Waals surface area (Å²) in [5.41, 5.74) is 2.44. The highest BCUT2D eigenvalue weighted by Gasteiger charge is 2.19. The fourth-order valence-corrected chi connectivity index (χ4v) is 1.81. The maximum atomic E-state index is 12.2. The van der Waals surface area contributed by atoms with Crippen LogP contribution in [0.25, 0.3) is 0 Å². The van der Waals surface area contributed by atoms with Gasteiger partial charge in [0, 0.05) is 0 Å². The molecule has 0 aliphatic carbocycles. The lowest BCUT2D eigenvalue weighted by atomic mass is 10.0. The summed E-state index contributed by atoms with van der Waals surface area (Å²) in [4.78, 5) is 16.1. The molecule has 0 unspecified atom stereocenters. The minimum absolute atomic E-state index is 0.211. The van der Waals surface area contributed by atoms with Crippen LogP contribution >= 0.6 is 0 Å². The largest absolute Gasteiger partial charge is 0.496 e. The molecule has 88 valence electrons. The topological polar surface area (TPSA) is 67.9 Å². The van der Waals surface area contributed by atoms with Gasteiger partial charge in [-0.15, -0.1) is 0 Å². The Bertz CT molecular complexity index is 547. The number of carbonyl (C=O) groups is 1. The predicted octanol–water partition coefficient (Wildman–Crippen LogP) is 1.66. The van der Waals surface area contributed by atoms with Crippen molar-refractivity contribution in [1.29, 1.82) is 0 Å². The van der Waals surface area contributed by atoms with Gasteiger partial charge in [0.1, 0.15) is 12.1 Å². The number of ether oxygens (including phenoxy) is 1. The number of aromatic amines is 1. The first-order valence-electron chi connectivity index (χ1n) is 5.18. The summed E-state index contributed by atoms with van der Waals surface area (Å²) in [6.45, 7) is 3.83. The van der Waals surface area contributed by atoms with Gasteiger partial charge in [0.2, 0.25) is 5.78 Å². The Morgan fingerprint density at radius 2 is 2.12 bits per heavy atom. The van der Waals surface area contributed by atoms with Gasteiger partial charge >= 0.3 is 0 Å². The van der Waals surface area contributed by atoms with Crippen LogP contribution in [0.5, 0.6) is 5.75 Å². The number of benzene rings is 1. The van der Waals surface area contributed by atoms with Crippen LogP contribution in [0.15, 0.2) is 18.5 Å². The van der Waals surface area contributed by atoms with E-state index >= 15 is 0 Å². The third-order valence-electron chi connectivity index (χ3n) is 2.52. The molecule has 0 aliphatic heterocycles. The van der Waals surface area contributed by atoms with Crippen LogP contribution in [0.1, 0.15) is 27.3 Å². The van der Waals surface area contributed by atoms with Crippen molar-refractivity contribution in [2.45, 2.75) is 13.8 Å². The number of H-pyrrole nitrogens is 1. The third kappa shape index (κ3) is 2.04. The van der Waals surface area contributed by atoms with Gasteiger partial charge in [-0.2, -0.15) is 5.10 Å². The molecule has 2 rings (SSSR count). The number of rotatable bonds is 3. The molecular weight excluding hydrogens is 218 g/mol. The quantitative estimate of drug-likeness (QED) is 0.816. The van der Waals surface area contributed by atoms with E-state index in [4.69, 9.17) is 4.74 Å². The summed E-state index contributed by atoms with van der Waals surface area (Å²) in [7, 11) is 1.55. The van der Waals surface area contributed by atoms with Crippen molar-refractivity contribution in [3.63, 3.8) is 0 Å². The van der Waals surface area contributed by atoms with Gasteiger partial charge in [-0.1, -0.05) is 6.07 Å². The number of ketones is 1. The minimum atomic E-state index is -0.211. The zero-order chi connectivity index (χ0) is 12.4. The molecule has 1 heterocycles. The Balaban J connectivity index is 2.55. The lowest BCUT2D eigenvalue weighted by Crippen LogP contribution is -2.08. The smallest absolute Gasteiger partial charge is 0.233 e. The van der Waals surface area contributed by atoms with Crippen molar-refractivity contribution in [2.24, 2.45) is 0 Å². The third-order valence-corrected chi connectivity index (χ3v) is 2.52. The average molecular weight is 231 g/mol. The highest BCUT2D eigenvalue weighted by atomic mass is 16.5. The number of carbonyl (C=O) groups excluding carboxylic acids is 1. The predicted molar refractivity (Wildman–Crippen MR) is 62.3 cm³/mol. The number of aromatic nitrogens is 3. The van der Waals surface area contributed by atoms with E-state index in [1.807, 2.05) is 26.0 Å². The van der Waals surface area contributed by atoms with E-state index in [1.165, 1.54) is 6.33 Å². The van der Waals surface area contributed by atoms with Crippen LogP contribution in [0, 0.1) is 13.8 Å². The molecule has 0 bridgehead atoms. The lowest BCUT2D eigenvalue weighted by molar-refractivity contribution is 0.102. The van der Waals surface area contributed by atoms with Crippen LogP contribution in [0.3, 0.4) is 0 Å². The monoisotopic (exact) mass is 231 g/mol. The van der Waals surface area contributed by atoms with Crippen molar-refractivity contribution in [3.05, 3.63) is 41.0 Å². The van der Waals surface area contributed by atoms with Crippen molar-refractivity contribution >= 4 is 5.78 Å². The SMILES string of the molecule is COc1cc(C)cc(C)c1C(=O)c1ncn[nH]1. The van der Waals surface area contributed by atoms with Gasteiger partial charge in [0.25, 0.3) is 0 Å². The molecule has 0 saturated carbocycles. The summed E-state index contributed by atoms with van der Waals surface area (Å²) < 4.78 is 5.24. The van der Waals surface area contributed by atoms with Crippen LogP contribution in [-0.4, -0.2) is 28.1 Å². The summed E-state index contributed by atoms with van der Waals surface area (Å²) in [5.74, 6) is 0.566. The van der Waals surface area contributed by atoms with Crippen LogP contribution in [0.4, 0.5) is 0 Å². The van der Waals surface area contributed by atoms with E-state index < -0.39 is 0 Å². The second-order valence-electron chi connectivity index (χ2n) is 3.82. The highest BCUT2D eigenvalue weighted by molar-refractivity contribution is 6.09. The minimum Gasteiger partial charge on any atom is -0.496 e. The summed E-state index contributed by atoms with van der Waals surface area (Å²) in [5, 5.41) is 6.24. The van der Waals surface area contributed by atoms with Gasteiger partial charge in [-0.25, -0.2) is 4.98 Å². The molecule has 0 spiro atoms. The van der Waals surface area contributed by atoms with E-state index in [2.05, 4.69) is 15.2 Å². The van der Waals surface area contributed by atoms with E-state index in [1.54, 1.807) is 7.11 Å². The normalized spacial score (nSPS) is 10.3. The molecule has 5 heteroatoms. The van der Waals surface area contributed by atoms with E-state index in [-0.39, 0.29) is 11.6 Å². The fourth-order valence-electron chi connectivity index (χ4n) is 1.81. The summed E-state index contributed by atoms with van der Waals surface area (Å²) in [6.07, 6.45) is 1.31. The Labute approximate surface area is 98.8 Å². The number of nitrogens with one attached hydrogen (secondary N) is 1. The maximum Gasteiger partial charge on any atom is 0.233 e. The van der Waals surface area contributed by atoms with Crippen LogP contribution in [-0.2, 0) is 0 Å². The van der Waals surface area contributed by atoms with Crippen LogP contribution in [0.2, 0.25) is 0 Å². The zero-order valence-electron chi connectivity index (χ0n) is 9.94. The number of hydrogen-bond donors (Lipinski definition) is 1. The first kappa shape index (κ1) is 11.3. The lowest BCUT2D eigenvalue weighted by Gasteiger charge is -2.10. The Morgan fingerprint density at radius 3 is 2.71 bits per heavy atom. The molecule has 1 aromatic carbocycles. The second kappa shape index (κ2) is 4.37. The molecule has 0 atom stereocenters. The van der Waals surface area contributed by atoms with Crippen molar-refractivity contribution in [2.75, 3.05) is 7.11 Å². The first-order valence-corrected chi connectivity index (χ1v) is 5.18. The van der Waals surface area contributed by atoms with Crippen molar-refractivity contribution in [1.82, 2.24) is 15.2 Å². The van der Waals surface area contributed by atoms with E-state index in [0.717, 1.165) is 11.1 Å². The molecule has 0 aliphatic rings. The maximum absolute atomic E-state index is 12.2. The van der Waals surface area contributed by atoms with E-state index in [0.29, 0.717) is 11.3 Å². The highest BCUT2D eigenvalue weighted by Crippen LogP contribution is 2.25. The van der Waals surface area contributed by atoms with E-state index in [9.17, 15) is 4.79 Å². The molecule has 17 heavy (non-hydrogen) atoms. The summed E-state index contributed by atoms with van der Waals surface area (Å²) >= 11 is 0. The van der Waals surface area contributed by atoms with Crippen molar-refractivity contribution in [3.8, 4) is 5.75 Å². The Morgan fingerprint density at radius 1 is 1.35 bits per heavy atom. The van der Waals surface area contributed by atoms with Crippen molar-refractivity contribution < 1.29 is 9.53 Å². The fraction of sp³-hybridized carbons (Fsp3) is 0.250. The molecular formula is C12H13N3O2. The molecule has 5 nitrogen and oxygen atoms in total. The average Bonchev–Trinajstić information content (AvgIpc) is 2.80. The van der Waals surface area contributed by atoms with Gasteiger partial charge in [0.15, 0.2) is 5.82 Å². The molecule has 0 saturated heterocycles. The summed E-state index contributed by atoms with van der Waals surface area (Å²) in [6, 6.07) is 3.77. The number of aryl methyl sites for hydroxylation is 2. The molecule has 0 amide bonds. The Hall–Kier alpha value is -2.17. The second-order valence-corrected chi connectivity index (χ2v) is 3.82. The number of nitrogens with zero attached hydrogens (tertiary/aromatic N) is 2. The number of methoxy groups -OCH3 is 1. The molecule has 0 radical (unpaired) electrons. The van der Waals surface area contributed by atoms with Gasteiger partial charge < -0.3 is 4.74 Å². The van der Waals surface area contributed by atoms with Gasteiger partial charge in [0.05, 0.1) is 12.7 Å². The van der Waals surface area contributed by atoms with Crippen LogP contribution < -0.4 is 4.74 Å².